The van der Waals surface area contributed by atoms with Gasteiger partial charge in [-0.1, -0.05) is 48.9 Å². The number of halogens is 2. The van der Waals surface area contributed by atoms with Crippen LogP contribution >= 0.6 is 22.9 Å². The molecule has 4 heteroatoms. The summed E-state index contributed by atoms with van der Waals surface area (Å²) in [5, 5.41) is 6.89. The predicted molar refractivity (Wildman–Crippen MR) is 88.8 cm³/mol. The van der Waals surface area contributed by atoms with E-state index in [0.29, 0.717) is 0 Å². The second-order valence-corrected chi connectivity index (χ2v) is 6.11. The van der Waals surface area contributed by atoms with E-state index in [9.17, 15) is 4.39 Å². The van der Waals surface area contributed by atoms with Gasteiger partial charge in [0, 0.05) is 4.70 Å². The van der Waals surface area contributed by atoms with E-state index in [0.717, 1.165) is 17.7 Å². The van der Waals surface area contributed by atoms with Gasteiger partial charge in [0.05, 0.1) is 11.1 Å². The second-order valence-electron chi connectivity index (χ2n) is 4.82. The molecule has 0 amide bonds. The molecular weight excluding hydrogens is 305 g/mol. The average molecular weight is 320 g/mol. The van der Waals surface area contributed by atoms with E-state index in [2.05, 4.69) is 28.9 Å². The van der Waals surface area contributed by atoms with Crippen LogP contribution in [0.1, 0.15) is 24.1 Å². The van der Waals surface area contributed by atoms with Crippen molar-refractivity contribution in [1.29, 1.82) is 0 Å². The molecule has 3 aromatic rings. The van der Waals surface area contributed by atoms with Gasteiger partial charge in [-0.25, -0.2) is 4.39 Å². The zero-order valence-electron chi connectivity index (χ0n) is 11.6. The van der Waals surface area contributed by atoms with Crippen LogP contribution in [-0.2, 0) is 0 Å². The summed E-state index contributed by atoms with van der Waals surface area (Å²) in [6, 6.07) is 13.2. The quantitative estimate of drug-likeness (QED) is 0.679. The molecule has 1 unspecified atom stereocenters. The molecule has 0 aliphatic carbocycles. The molecule has 0 spiro atoms. The topological polar surface area (TPSA) is 12.0 Å². The molecule has 0 saturated heterocycles. The largest absolute Gasteiger partial charge is 0.306 e. The van der Waals surface area contributed by atoms with E-state index in [-0.39, 0.29) is 16.9 Å². The molecule has 2 aromatic carbocycles. The molecule has 1 aromatic heterocycles. The third kappa shape index (κ3) is 2.69. The molecular formula is C17H15ClFNS. The molecule has 0 fully saturated rings. The molecule has 1 atom stereocenters. The van der Waals surface area contributed by atoms with Crippen molar-refractivity contribution in [3.8, 4) is 0 Å². The Bertz CT molecular complexity index is 768. The molecule has 3 rings (SSSR count). The summed E-state index contributed by atoms with van der Waals surface area (Å²) in [6.45, 7) is 2.81. The minimum atomic E-state index is -0.379. The van der Waals surface area contributed by atoms with Gasteiger partial charge in [-0.05, 0) is 40.6 Å². The predicted octanol–water partition coefficient (Wildman–Crippen LogP) is 5.39. The standard InChI is InChI=1S/C17H15ClFNS/c1-2-20-16(12-6-4-8-14(19)15(12)18)13-7-3-5-11-9-10-21-17(11)13/h3-10,16,20H,2H2,1H3. The number of hydrogen-bond acceptors (Lipinski definition) is 2. The van der Waals surface area contributed by atoms with Gasteiger partial charge in [0.1, 0.15) is 5.82 Å². The third-order valence-corrected chi connectivity index (χ3v) is 4.90. The van der Waals surface area contributed by atoms with Crippen LogP contribution in [-0.4, -0.2) is 6.54 Å². The lowest BCUT2D eigenvalue weighted by Crippen LogP contribution is -2.22. The summed E-state index contributed by atoms with van der Waals surface area (Å²) >= 11 is 7.88. The summed E-state index contributed by atoms with van der Waals surface area (Å²) < 4.78 is 15.0. The molecule has 0 aliphatic heterocycles. The van der Waals surface area contributed by atoms with Crippen LogP contribution in [0.5, 0.6) is 0 Å². The van der Waals surface area contributed by atoms with Gasteiger partial charge in [-0.3, -0.25) is 0 Å². The molecule has 108 valence electrons. The van der Waals surface area contributed by atoms with Gasteiger partial charge in [0.2, 0.25) is 0 Å². The first-order valence-corrected chi connectivity index (χ1v) is 8.11. The maximum Gasteiger partial charge on any atom is 0.142 e. The second kappa shape index (κ2) is 6.14. The first kappa shape index (κ1) is 14.5. The number of benzene rings is 2. The lowest BCUT2D eigenvalue weighted by molar-refractivity contribution is 0.605. The number of rotatable bonds is 4. The summed E-state index contributed by atoms with van der Waals surface area (Å²) in [5.74, 6) is -0.379. The molecule has 1 N–H and O–H groups in total. The van der Waals surface area contributed by atoms with Crippen LogP contribution < -0.4 is 5.32 Å². The van der Waals surface area contributed by atoms with Gasteiger partial charge in [-0.15, -0.1) is 11.3 Å². The smallest absolute Gasteiger partial charge is 0.142 e. The first-order chi connectivity index (χ1) is 10.2. The van der Waals surface area contributed by atoms with Crippen molar-refractivity contribution in [2.45, 2.75) is 13.0 Å². The Kier molecular flexibility index (Phi) is 4.24. The van der Waals surface area contributed by atoms with Crippen molar-refractivity contribution in [3.63, 3.8) is 0 Å². The van der Waals surface area contributed by atoms with Crippen molar-refractivity contribution in [3.05, 3.63) is 69.8 Å². The Morgan fingerprint density at radius 1 is 1.14 bits per heavy atom. The maximum atomic E-state index is 13.8. The number of fused-ring (bicyclic) bond motifs is 1. The monoisotopic (exact) mass is 319 g/mol. The van der Waals surface area contributed by atoms with E-state index in [1.54, 1.807) is 17.4 Å². The first-order valence-electron chi connectivity index (χ1n) is 6.85. The van der Waals surface area contributed by atoms with Crippen LogP contribution in [0.4, 0.5) is 4.39 Å². The van der Waals surface area contributed by atoms with Gasteiger partial charge in [-0.2, -0.15) is 0 Å². The molecule has 0 radical (unpaired) electrons. The van der Waals surface area contributed by atoms with E-state index in [1.807, 2.05) is 19.1 Å². The van der Waals surface area contributed by atoms with Crippen LogP contribution in [0.2, 0.25) is 5.02 Å². The minimum Gasteiger partial charge on any atom is -0.306 e. The molecule has 0 bridgehead atoms. The fourth-order valence-electron chi connectivity index (χ4n) is 2.58. The zero-order chi connectivity index (χ0) is 14.8. The highest BCUT2D eigenvalue weighted by molar-refractivity contribution is 7.17. The summed E-state index contributed by atoms with van der Waals surface area (Å²) in [7, 11) is 0. The molecule has 0 aliphatic rings. The SMILES string of the molecule is CCNC(c1cccc(F)c1Cl)c1cccc2ccsc12. The fourth-order valence-corrected chi connectivity index (χ4v) is 3.76. The van der Waals surface area contributed by atoms with E-state index >= 15 is 0 Å². The highest BCUT2D eigenvalue weighted by Gasteiger charge is 2.20. The van der Waals surface area contributed by atoms with Crippen molar-refractivity contribution in [2.75, 3.05) is 6.54 Å². The van der Waals surface area contributed by atoms with Crippen LogP contribution in [0, 0.1) is 5.82 Å². The highest BCUT2D eigenvalue weighted by atomic mass is 35.5. The van der Waals surface area contributed by atoms with Gasteiger partial charge >= 0.3 is 0 Å². The molecule has 21 heavy (non-hydrogen) atoms. The van der Waals surface area contributed by atoms with Crippen molar-refractivity contribution in [2.24, 2.45) is 0 Å². The van der Waals surface area contributed by atoms with Crippen molar-refractivity contribution in [1.82, 2.24) is 5.32 Å². The van der Waals surface area contributed by atoms with E-state index < -0.39 is 0 Å². The number of nitrogens with one attached hydrogen (secondary N) is 1. The lowest BCUT2D eigenvalue weighted by Gasteiger charge is -2.21. The number of hydrogen-bond donors (Lipinski definition) is 1. The van der Waals surface area contributed by atoms with Gasteiger partial charge in [0.25, 0.3) is 0 Å². The van der Waals surface area contributed by atoms with Crippen LogP contribution in [0.15, 0.2) is 47.8 Å². The van der Waals surface area contributed by atoms with Crippen molar-refractivity contribution >= 4 is 33.0 Å². The normalized spacial score (nSPS) is 12.7. The van der Waals surface area contributed by atoms with E-state index in [1.165, 1.54) is 16.2 Å². The van der Waals surface area contributed by atoms with Gasteiger partial charge < -0.3 is 5.32 Å². The molecule has 0 saturated carbocycles. The summed E-state index contributed by atoms with van der Waals surface area (Å²) in [5.41, 5.74) is 1.91. The minimum absolute atomic E-state index is 0.111. The highest BCUT2D eigenvalue weighted by Crippen LogP contribution is 2.35. The van der Waals surface area contributed by atoms with Crippen LogP contribution in [0.3, 0.4) is 0 Å². The average Bonchev–Trinajstić information content (AvgIpc) is 2.97. The Labute approximate surface area is 132 Å². The molecule has 1 nitrogen and oxygen atoms in total. The Morgan fingerprint density at radius 3 is 2.71 bits per heavy atom. The fraction of sp³-hybridized carbons (Fsp3) is 0.176. The zero-order valence-corrected chi connectivity index (χ0v) is 13.1. The maximum absolute atomic E-state index is 13.8. The summed E-state index contributed by atoms with van der Waals surface area (Å²) in [4.78, 5) is 0. The van der Waals surface area contributed by atoms with Crippen molar-refractivity contribution < 1.29 is 4.39 Å². The van der Waals surface area contributed by atoms with Crippen LogP contribution in [0.25, 0.3) is 10.1 Å². The van der Waals surface area contributed by atoms with E-state index in [4.69, 9.17) is 11.6 Å². The summed E-state index contributed by atoms with van der Waals surface area (Å²) in [6.07, 6.45) is 0. The lowest BCUT2D eigenvalue weighted by atomic mass is 9.97. The Hall–Kier alpha value is -1.42. The third-order valence-electron chi connectivity index (χ3n) is 3.52. The Balaban J connectivity index is 2.18. The van der Waals surface area contributed by atoms with Gasteiger partial charge in [0.15, 0.2) is 0 Å². The molecule has 1 heterocycles. The Morgan fingerprint density at radius 2 is 1.90 bits per heavy atom. The number of thiophene rings is 1.